The van der Waals surface area contributed by atoms with Crippen molar-refractivity contribution in [3.8, 4) is 5.75 Å². The highest BCUT2D eigenvalue weighted by atomic mass is 16.5. The van der Waals surface area contributed by atoms with Crippen LogP contribution in [0.15, 0.2) is 42.7 Å². The number of nitrogens with one attached hydrogen (secondary N) is 2. The lowest BCUT2D eigenvalue weighted by atomic mass is 10.3. The lowest BCUT2D eigenvalue weighted by molar-refractivity contribution is 0.317. The highest BCUT2D eigenvalue weighted by Crippen LogP contribution is 2.21. The molecule has 0 bridgehead atoms. The van der Waals surface area contributed by atoms with Crippen molar-refractivity contribution in [3.63, 3.8) is 0 Å². The molecule has 0 atom stereocenters. The number of nitrogens with zero attached hydrogens (tertiary/aromatic N) is 1. The fourth-order valence-electron chi connectivity index (χ4n) is 1.90. The summed E-state index contributed by atoms with van der Waals surface area (Å²) in [6, 6.07) is 10.0. The average Bonchev–Trinajstić information content (AvgIpc) is 2.53. The molecule has 2 rings (SSSR count). The van der Waals surface area contributed by atoms with Crippen LogP contribution in [0.1, 0.15) is 26.7 Å². The lowest BCUT2D eigenvalue weighted by Gasteiger charge is -2.10. The van der Waals surface area contributed by atoms with Crippen LogP contribution in [0.25, 0.3) is 0 Å². The number of rotatable bonds is 8. The molecule has 4 heteroatoms. The minimum Gasteiger partial charge on any atom is -0.494 e. The van der Waals surface area contributed by atoms with Crippen LogP contribution < -0.4 is 15.4 Å². The van der Waals surface area contributed by atoms with Crippen molar-refractivity contribution in [3.05, 3.63) is 42.7 Å². The third-order valence-corrected chi connectivity index (χ3v) is 2.93. The molecule has 0 radical (unpaired) electrons. The van der Waals surface area contributed by atoms with Gasteiger partial charge in [-0.05, 0) is 43.2 Å². The van der Waals surface area contributed by atoms with Gasteiger partial charge in [-0.2, -0.15) is 0 Å². The van der Waals surface area contributed by atoms with Crippen molar-refractivity contribution in [1.29, 1.82) is 0 Å². The molecule has 0 fully saturated rings. The van der Waals surface area contributed by atoms with Gasteiger partial charge in [-0.15, -0.1) is 0 Å². The van der Waals surface area contributed by atoms with Crippen LogP contribution in [0.4, 0.5) is 17.1 Å². The second-order valence-electron chi connectivity index (χ2n) is 4.89. The number of anilines is 3. The smallest absolute Gasteiger partial charge is 0.119 e. The van der Waals surface area contributed by atoms with Crippen LogP contribution in [0.3, 0.4) is 0 Å². The molecule has 0 saturated carbocycles. The molecule has 1 aromatic heterocycles. The van der Waals surface area contributed by atoms with E-state index in [1.165, 1.54) is 0 Å². The van der Waals surface area contributed by atoms with E-state index in [1.807, 2.05) is 36.7 Å². The molecule has 0 aliphatic carbocycles. The van der Waals surface area contributed by atoms with Crippen LogP contribution in [-0.2, 0) is 0 Å². The normalized spacial score (nSPS) is 10.2. The summed E-state index contributed by atoms with van der Waals surface area (Å²) < 4.78 is 5.57. The zero-order chi connectivity index (χ0) is 14.9. The van der Waals surface area contributed by atoms with Gasteiger partial charge in [-0.1, -0.05) is 13.8 Å². The molecule has 0 spiro atoms. The molecule has 112 valence electrons. The van der Waals surface area contributed by atoms with E-state index in [-0.39, 0.29) is 0 Å². The van der Waals surface area contributed by atoms with Crippen LogP contribution in [0, 0.1) is 0 Å². The van der Waals surface area contributed by atoms with Gasteiger partial charge in [0.05, 0.1) is 30.4 Å². The molecular weight excluding hydrogens is 262 g/mol. The summed E-state index contributed by atoms with van der Waals surface area (Å²) in [5.41, 5.74) is 3.02. The first-order valence-electron chi connectivity index (χ1n) is 7.50. The zero-order valence-corrected chi connectivity index (χ0v) is 12.7. The van der Waals surface area contributed by atoms with E-state index in [9.17, 15) is 0 Å². The maximum Gasteiger partial charge on any atom is 0.119 e. The largest absolute Gasteiger partial charge is 0.494 e. The highest BCUT2D eigenvalue weighted by Gasteiger charge is 1.99. The molecule has 0 saturated heterocycles. The van der Waals surface area contributed by atoms with Crippen molar-refractivity contribution in [1.82, 2.24) is 4.98 Å². The Bertz CT molecular complexity index is 540. The number of aromatic nitrogens is 1. The number of pyridine rings is 1. The zero-order valence-electron chi connectivity index (χ0n) is 12.7. The van der Waals surface area contributed by atoms with Crippen LogP contribution in [-0.4, -0.2) is 18.1 Å². The molecule has 2 N–H and O–H groups in total. The van der Waals surface area contributed by atoms with Crippen molar-refractivity contribution in [2.24, 2.45) is 0 Å². The van der Waals surface area contributed by atoms with Crippen molar-refractivity contribution in [2.45, 2.75) is 26.7 Å². The Morgan fingerprint density at radius 3 is 2.43 bits per heavy atom. The van der Waals surface area contributed by atoms with Crippen LogP contribution in [0.2, 0.25) is 0 Å². The molecule has 0 amide bonds. The first-order chi connectivity index (χ1) is 10.3. The molecule has 0 aliphatic rings. The van der Waals surface area contributed by atoms with Crippen molar-refractivity contribution in [2.75, 3.05) is 23.8 Å². The Labute approximate surface area is 126 Å². The Morgan fingerprint density at radius 1 is 0.952 bits per heavy atom. The fraction of sp³-hybridized carbons (Fsp3) is 0.353. The Balaban J connectivity index is 1.97. The number of ether oxygens (including phenoxy) is 1. The SMILES string of the molecule is CCCNc1cncc(Nc2ccc(OCCC)cc2)c1. The topological polar surface area (TPSA) is 46.2 Å². The molecule has 0 unspecified atom stereocenters. The molecule has 21 heavy (non-hydrogen) atoms. The maximum atomic E-state index is 5.57. The summed E-state index contributed by atoms with van der Waals surface area (Å²) in [5.74, 6) is 0.902. The Kier molecular flexibility index (Phi) is 5.88. The van der Waals surface area contributed by atoms with Gasteiger partial charge in [0.2, 0.25) is 0 Å². The molecule has 2 aromatic rings. The summed E-state index contributed by atoms with van der Waals surface area (Å²) in [5, 5.41) is 6.68. The molecule has 1 heterocycles. The van der Waals surface area contributed by atoms with Gasteiger partial charge < -0.3 is 15.4 Å². The Morgan fingerprint density at radius 2 is 1.71 bits per heavy atom. The van der Waals surface area contributed by atoms with E-state index in [1.54, 1.807) is 0 Å². The van der Waals surface area contributed by atoms with Gasteiger partial charge in [0.25, 0.3) is 0 Å². The second kappa shape index (κ2) is 8.15. The first kappa shape index (κ1) is 15.2. The highest BCUT2D eigenvalue weighted by molar-refractivity contribution is 5.63. The monoisotopic (exact) mass is 285 g/mol. The molecule has 0 aliphatic heterocycles. The van der Waals surface area contributed by atoms with Gasteiger partial charge in [0.1, 0.15) is 5.75 Å². The first-order valence-corrected chi connectivity index (χ1v) is 7.50. The quantitative estimate of drug-likeness (QED) is 0.753. The lowest BCUT2D eigenvalue weighted by Crippen LogP contribution is -2.01. The fourth-order valence-corrected chi connectivity index (χ4v) is 1.90. The predicted octanol–water partition coefficient (Wildman–Crippen LogP) is 4.44. The third kappa shape index (κ3) is 4.99. The number of hydrogen-bond acceptors (Lipinski definition) is 4. The maximum absolute atomic E-state index is 5.57. The van der Waals surface area contributed by atoms with E-state index in [4.69, 9.17) is 4.74 Å². The van der Waals surface area contributed by atoms with Crippen LogP contribution in [0.5, 0.6) is 5.75 Å². The number of hydrogen-bond donors (Lipinski definition) is 2. The molecule has 1 aromatic carbocycles. The van der Waals surface area contributed by atoms with Gasteiger partial charge in [-0.3, -0.25) is 4.98 Å². The van der Waals surface area contributed by atoms with E-state index in [0.29, 0.717) is 0 Å². The Hall–Kier alpha value is -2.23. The summed E-state index contributed by atoms with van der Waals surface area (Å²) in [6.45, 7) is 5.95. The molecule has 4 nitrogen and oxygen atoms in total. The van der Waals surface area contributed by atoms with Crippen molar-refractivity contribution >= 4 is 17.1 Å². The number of benzene rings is 1. The standard InChI is InChI=1S/C17H23N3O/c1-3-9-19-15-11-16(13-18-12-15)20-14-5-7-17(8-6-14)21-10-4-2/h5-8,11-13,19-20H,3-4,9-10H2,1-2H3. The summed E-state index contributed by atoms with van der Waals surface area (Å²) in [4.78, 5) is 4.24. The van der Waals surface area contributed by atoms with Crippen molar-refractivity contribution < 1.29 is 4.74 Å². The predicted molar refractivity (Wildman–Crippen MR) is 88.5 cm³/mol. The summed E-state index contributed by atoms with van der Waals surface area (Å²) in [6.07, 6.45) is 5.77. The summed E-state index contributed by atoms with van der Waals surface area (Å²) in [7, 11) is 0. The minimum absolute atomic E-state index is 0.752. The van der Waals surface area contributed by atoms with Gasteiger partial charge in [0.15, 0.2) is 0 Å². The van der Waals surface area contributed by atoms with E-state index in [2.05, 4.69) is 35.5 Å². The van der Waals surface area contributed by atoms with Gasteiger partial charge in [-0.25, -0.2) is 0 Å². The van der Waals surface area contributed by atoms with E-state index >= 15 is 0 Å². The summed E-state index contributed by atoms with van der Waals surface area (Å²) >= 11 is 0. The minimum atomic E-state index is 0.752. The van der Waals surface area contributed by atoms with Crippen LogP contribution >= 0.6 is 0 Å². The van der Waals surface area contributed by atoms with Gasteiger partial charge in [0, 0.05) is 12.2 Å². The van der Waals surface area contributed by atoms with Gasteiger partial charge >= 0.3 is 0 Å². The molecular formula is C17H23N3O. The van der Waals surface area contributed by atoms with E-state index < -0.39 is 0 Å². The third-order valence-electron chi connectivity index (χ3n) is 2.93. The second-order valence-corrected chi connectivity index (χ2v) is 4.89. The average molecular weight is 285 g/mol. The van der Waals surface area contributed by atoms with E-state index in [0.717, 1.165) is 48.8 Å².